The fourth-order valence-electron chi connectivity index (χ4n) is 4.06. The largest absolute Gasteiger partial charge is 0.445 e. The van der Waals surface area contributed by atoms with E-state index in [2.05, 4.69) is 9.88 Å². The van der Waals surface area contributed by atoms with Crippen LogP contribution in [0.4, 0.5) is 0 Å². The zero-order valence-electron chi connectivity index (χ0n) is 15.6. The first kappa shape index (κ1) is 18.5. The molecule has 4 rings (SSSR count). The van der Waals surface area contributed by atoms with E-state index in [-0.39, 0.29) is 11.8 Å². The number of rotatable bonds is 5. The molecule has 5 nitrogen and oxygen atoms in total. The monoisotopic (exact) mass is 387 g/mol. The van der Waals surface area contributed by atoms with E-state index in [0.29, 0.717) is 19.5 Å². The van der Waals surface area contributed by atoms with Crippen molar-refractivity contribution in [3.05, 3.63) is 52.7 Å². The molecule has 1 aromatic heterocycles. The van der Waals surface area contributed by atoms with Crippen molar-refractivity contribution in [1.29, 1.82) is 0 Å². The van der Waals surface area contributed by atoms with Crippen molar-refractivity contribution in [2.75, 3.05) is 32.7 Å². The van der Waals surface area contributed by atoms with Crippen molar-refractivity contribution >= 4 is 17.5 Å². The summed E-state index contributed by atoms with van der Waals surface area (Å²) in [5.41, 5.74) is 1.04. The minimum Gasteiger partial charge on any atom is -0.445 e. The van der Waals surface area contributed by atoms with Gasteiger partial charge in [-0.15, -0.1) is 0 Å². The molecule has 2 saturated heterocycles. The molecule has 0 radical (unpaired) electrons. The predicted molar refractivity (Wildman–Crippen MR) is 105 cm³/mol. The normalized spacial score (nSPS) is 20.9. The summed E-state index contributed by atoms with van der Waals surface area (Å²) in [5.74, 6) is 1.99. The van der Waals surface area contributed by atoms with Gasteiger partial charge in [0, 0.05) is 24.5 Å². The number of hydrogen-bond acceptors (Lipinski definition) is 4. The number of aromatic nitrogens is 1. The second kappa shape index (κ2) is 8.44. The summed E-state index contributed by atoms with van der Waals surface area (Å²) < 4.78 is 6.03. The van der Waals surface area contributed by atoms with Gasteiger partial charge in [-0.05, 0) is 50.4 Å². The Balaban J connectivity index is 1.37. The van der Waals surface area contributed by atoms with Gasteiger partial charge in [-0.2, -0.15) is 0 Å². The first-order chi connectivity index (χ1) is 13.2. The van der Waals surface area contributed by atoms with Crippen LogP contribution in [0.3, 0.4) is 0 Å². The van der Waals surface area contributed by atoms with Crippen LogP contribution < -0.4 is 0 Å². The summed E-state index contributed by atoms with van der Waals surface area (Å²) in [7, 11) is 0. The van der Waals surface area contributed by atoms with Crippen molar-refractivity contribution in [3.8, 4) is 0 Å². The molecule has 144 valence electrons. The number of nitrogens with zero attached hydrogens (tertiary/aromatic N) is 3. The number of halogens is 1. The maximum Gasteiger partial charge on any atom is 0.236 e. The number of hydrogen-bond donors (Lipinski definition) is 0. The third-order valence-electron chi connectivity index (χ3n) is 5.57. The standard InChI is InChI=1S/C21H26ClN3O2/c22-19-8-2-1-6-16(19)12-18-13-23-21(27-18)17-7-5-11-25(14-17)20(26)15-24-9-3-4-10-24/h1-2,6,8,13,17H,3-5,7,9-12,14-15H2. The van der Waals surface area contributed by atoms with Gasteiger partial charge in [-0.1, -0.05) is 29.8 Å². The number of benzene rings is 1. The first-order valence-corrected chi connectivity index (χ1v) is 10.2. The number of carbonyl (C=O) groups excluding carboxylic acids is 1. The van der Waals surface area contributed by atoms with E-state index >= 15 is 0 Å². The second-order valence-corrected chi connectivity index (χ2v) is 8.00. The summed E-state index contributed by atoms with van der Waals surface area (Å²) in [5, 5.41) is 0.742. The predicted octanol–water partition coefficient (Wildman–Crippen LogP) is 3.72. The van der Waals surface area contributed by atoms with Crippen LogP contribution in [0.2, 0.25) is 5.02 Å². The van der Waals surface area contributed by atoms with Crippen LogP contribution >= 0.6 is 11.6 Å². The van der Waals surface area contributed by atoms with Gasteiger partial charge < -0.3 is 9.32 Å². The summed E-state index contributed by atoms with van der Waals surface area (Å²) in [6.07, 6.45) is 6.86. The quantitative estimate of drug-likeness (QED) is 0.784. The highest BCUT2D eigenvalue weighted by Crippen LogP contribution is 2.28. The van der Waals surface area contributed by atoms with Crippen molar-refractivity contribution in [2.24, 2.45) is 0 Å². The molecule has 2 aliphatic heterocycles. The van der Waals surface area contributed by atoms with Gasteiger partial charge in [0.1, 0.15) is 5.76 Å². The number of carbonyl (C=O) groups is 1. The van der Waals surface area contributed by atoms with E-state index in [1.54, 1.807) is 6.20 Å². The first-order valence-electron chi connectivity index (χ1n) is 9.87. The van der Waals surface area contributed by atoms with Crippen molar-refractivity contribution < 1.29 is 9.21 Å². The zero-order chi connectivity index (χ0) is 18.6. The Hall–Kier alpha value is -1.85. The molecule has 1 amide bonds. The van der Waals surface area contributed by atoms with E-state index < -0.39 is 0 Å². The molecule has 6 heteroatoms. The van der Waals surface area contributed by atoms with Crippen LogP contribution in [0.15, 0.2) is 34.9 Å². The van der Waals surface area contributed by atoms with Gasteiger partial charge in [0.2, 0.25) is 5.91 Å². The Kier molecular flexibility index (Phi) is 5.79. The molecule has 27 heavy (non-hydrogen) atoms. The highest BCUT2D eigenvalue weighted by Gasteiger charge is 2.29. The molecule has 2 aliphatic rings. The number of oxazole rings is 1. The summed E-state index contributed by atoms with van der Waals surface area (Å²) in [6.45, 7) is 4.20. The van der Waals surface area contributed by atoms with Crippen LogP contribution in [0.1, 0.15) is 48.8 Å². The third kappa shape index (κ3) is 4.53. The number of likely N-dealkylation sites (tertiary alicyclic amines) is 2. The Bertz CT molecular complexity index is 785. The van der Waals surface area contributed by atoms with Gasteiger partial charge >= 0.3 is 0 Å². The Morgan fingerprint density at radius 1 is 1.19 bits per heavy atom. The molecular weight excluding hydrogens is 362 g/mol. The van der Waals surface area contributed by atoms with Crippen molar-refractivity contribution in [2.45, 2.75) is 38.0 Å². The van der Waals surface area contributed by atoms with Crippen LogP contribution in [0.5, 0.6) is 0 Å². The van der Waals surface area contributed by atoms with Crippen molar-refractivity contribution in [3.63, 3.8) is 0 Å². The summed E-state index contributed by atoms with van der Waals surface area (Å²) in [6, 6.07) is 7.79. The van der Waals surface area contributed by atoms with Gasteiger partial charge in [0.25, 0.3) is 0 Å². The van der Waals surface area contributed by atoms with Gasteiger partial charge in [-0.3, -0.25) is 9.69 Å². The van der Waals surface area contributed by atoms with Crippen LogP contribution in [0, 0.1) is 0 Å². The van der Waals surface area contributed by atoms with Gasteiger partial charge in [0.15, 0.2) is 5.89 Å². The summed E-state index contributed by atoms with van der Waals surface area (Å²) >= 11 is 6.24. The highest BCUT2D eigenvalue weighted by molar-refractivity contribution is 6.31. The lowest BCUT2D eigenvalue weighted by molar-refractivity contribution is -0.133. The Labute approximate surface area is 165 Å². The van der Waals surface area contributed by atoms with Crippen molar-refractivity contribution in [1.82, 2.24) is 14.8 Å². The smallest absolute Gasteiger partial charge is 0.236 e. The highest BCUT2D eigenvalue weighted by atomic mass is 35.5. The number of amides is 1. The lowest BCUT2D eigenvalue weighted by Crippen LogP contribution is -2.44. The summed E-state index contributed by atoms with van der Waals surface area (Å²) in [4.78, 5) is 21.4. The third-order valence-corrected chi connectivity index (χ3v) is 5.94. The topological polar surface area (TPSA) is 49.6 Å². The fourth-order valence-corrected chi connectivity index (χ4v) is 4.26. The van der Waals surface area contributed by atoms with E-state index in [4.69, 9.17) is 16.0 Å². The minimum absolute atomic E-state index is 0.182. The molecule has 2 fully saturated rings. The minimum atomic E-state index is 0.182. The molecule has 1 atom stereocenters. The van der Waals surface area contributed by atoms with E-state index in [1.807, 2.05) is 29.2 Å². The second-order valence-electron chi connectivity index (χ2n) is 7.60. The molecular formula is C21H26ClN3O2. The Morgan fingerprint density at radius 2 is 2.00 bits per heavy atom. The fraction of sp³-hybridized carbons (Fsp3) is 0.524. The molecule has 2 aromatic rings. The van der Waals surface area contributed by atoms with Crippen LogP contribution in [-0.4, -0.2) is 53.4 Å². The van der Waals surface area contributed by atoms with E-state index in [1.165, 1.54) is 12.8 Å². The van der Waals surface area contributed by atoms with E-state index in [0.717, 1.165) is 54.7 Å². The van der Waals surface area contributed by atoms with Gasteiger partial charge in [0.05, 0.1) is 18.7 Å². The van der Waals surface area contributed by atoms with E-state index in [9.17, 15) is 4.79 Å². The molecule has 0 spiro atoms. The molecule has 0 bridgehead atoms. The molecule has 0 N–H and O–H groups in total. The molecule has 3 heterocycles. The average Bonchev–Trinajstić information content (AvgIpc) is 3.36. The van der Waals surface area contributed by atoms with Crippen LogP contribution in [0.25, 0.3) is 0 Å². The molecule has 1 unspecified atom stereocenters. The molecule has 0 aliphatic carbocycles. The zero-order valence-corrected chi connectivity index (χ0v) is 16.3. The lowest BCUT2D eigenvalue weighted by Gasteiger charge is -2.32. The average molecular weight is 388 g/mol. The molecule has 0 saturated carbocycles. The Morgan fingerprint density at radius 3 is 2.81 bits per heavy atom. The van der Waals surface area contributed by atoms with Gasteiger partial charge in [-0.25, -0.2) is 4.98 Å². The number of piperidine rings is 1. The molecule has 1 aromatic carbocycles. The maximum absolute atomic E-state index is 12.6. The van der Waals surface area contributed by atoms with Crippen LogP contribution in [-0.2, 0) is 11.2 Å². The lowest BCUT2D eigenvalue weighted by atomic mass is 9.98. The SMILES string of the molecule is O=C(CN1CCCC1)N1CCCC(c2ncc(Cc3ccccc3Cl)o2)C1. The maximum atomic E-state index is 12.6.